The number of aryl methyl sites for hydroxylation is 1. The van der Waals surface area contributed by atoms with Crippen LogP contribution < -0.4 is 10.3 Å². The summed E-state index contributed by atoms with van der Waals surface area (Å²) in [7, 11) is -3.72. The van der Waals surface area contributed by atoms with Gasteiger partial charge in [0.05, 0.1) is 4.90 Å². The van der Waals surface area contributed by atoms with E-state index in [2.05, 4.69) is 39.2 Å². The molecule has 132 valence electrons. The second-order valence-electron chi connectivity index (χ2n) is 5.86. The van der Waals surface area contributed by atoms with Gasteiger partial charge in [-0.15, -0.1) is 4.83 Å². The SMILES string of the molecule is CC[C@@H](C)c1ccc(S(=O)(=O)NNc2cc(C)nc3ncnn23)cc1. The van der Waals surface area contributed by atoms with Crippen molar-refractivity contribution in [1.29, 1.82) is 0 Å². The zero-order valence-corrected chi connectivity index (χ0v) is 15.1. The molecule has 0 spiro atoms. The molecule has 0 aliphatic carbocycles. The summed E-state index contributed by atoms with van der Waals surface area (Å²) in [4.78, 5) is 10.8. The van der Waals surface area contributed by atoms with Crippen molar-refractivity contribution in [2.75, 3.05) is 5.43 Å². The molecule has 0 saturated carbocycles. The fourth-order valence-corrected chi connectivity index (χ4v) is 3.26. The maximum Gasteiger partial charge on any atom is 0.257 e. The van der Waals surface area contributed by atoms with Crippen molar-refractivity contribution in [1.82, 2.24) is 24.4 Å². The van der Waals surface area contributed by atoms with Crippen LogP contribution in [-0.4, -0.2) is 28.0 Å². The topological polar surface area (TPSA) is 101 Å². The molecule has 3 aromatic rings. The summed E-state index contributed by atoms with van der Waals surface area (Å²) in [6.45, 7) is 6.00. The molecule has 0 saturated heterocycles. The first-order valence-corrected chi connectivity index (χ1v) is 9.44. The summed E-state index contributed by atoms with van der Waals surface area (Å²) >= 11 is 0. The number of nitrogens with one attached hydrogen (secondary N) is 2. The molecule has 2 aromatic heterocycles. The lowest BCUT2D eigenvalue weighted by Crippen LogP contribution is -2.30. The third-order valence-corrected chi connectivity index (χ3v) is 5.33. The van der Waals surface area contributed by atoms with Crippen molar-refractivity contribution in [3.8, 4) is 0 Å². The van der Waals surface area contributed by atoms with Gasteiger partial charge in [-0.3, -0.25) is 5.43 Å². The van der Waals surface area contributed by atoms with E-state index < -0.39 is 10.0 Å². The minimum atomic E-state index is -3.72. The average molecular weight is 360 g/mol. The monoisotopic (exact) mass is 360 g/mol. The summed E-state index contributed by atoms with van der Waals surface area (Å²) < 4.78 is 26.4. The normalized spacial score (nSPS) is 13.1. The molecule has 8 nitrogen and oxygen atoms in total. The number of anilines is 1. The van der Waals surface area contributed by atoms with Gasteiger partial charge >= 0.3 is 0 Å². The van der Waals surface area contributed by atoms with Crippen LogP contribution in [0.4, 0.5) is 5.82 Å². The van der Waals surface area contributed by atoms with Crippen LogP contribution in [0.15, 0.2) is 41.6 Å². The smallest absolute Gasteiger partial charge is 0.257 e. The van der Waals surface area contributed by atoms with E-state index in [1.807, 2.05) is 12.1 Å². The van der Waals surface area contributed by atoms with Crippen molar-refractivity contribution < 1.29 is 8.42 Å². The molecular formula is C16H20N6O2S. The van der Waals surface area contributed by atoms with Gasteiger partial charge in [0.15, 0.2) is 0 Å². The number of hydrazine groups is 1. The van der Waals surface area contributed by atoms with Gasteiger partial charge in [0.25, 0.3) is 15.8 Å². The van der Waals surface area contributed by atoms with E-state index in [4.69, 9.17) is 0 Å². The molecule has 9 heteroatoms. The molecular weight excluding hydrogens is 340 g/mol. The van der Waals surface area contributed by atoms with Crippen LogP contribution in [0.5, 0.6) is 0 Å². The molecule has 0 unspecified atom stereocenters. The van der Waals surface area contributed by atoms with E-state index >= 15 is 0 Å². The van der Waals surface area contributed by atoms with Gasteiger partial charge in [-0.05, 0) is 37.0 Å². The quantitative estimate of drug-likeness (QED) is 0.654. The zero-order chi connectivity index (χ0) is 18.0. The molecule has 0 amide bonds. The standard InChI is InChI=1S/C16H20N6O2S/c1-4-11(2)13-5-7-14(8-6-13)25(23,24)21-20-15-9-12(3)19-16-17-10-18-22(15)16/h5-11,20-21H,4H2,1-3H3/t11-/m1/s1. The summed E-state index contributed by atoms with van der Waals surface area (Å²) in [6.07, 6.45) is 2.36. The average Bonchev–Trinajstić information content (AvgIpc) is 3.07. The van der Waals surface area contributed by atoms with E-state index in [1.165, 1.54) is 10.8 Å². The summed E-state index contributed by atoms with van der Waals surface area (Å²) in [5.41, 5.74) is 4.49. The highest BCUT2D eigenvalue weighted by Crippen LogP contribution is 2.20. The minimum Gasteiger partial charge on any atom is -0.292 e. The van der Waals surface area contributed by atoms with Crippen molar-refractivity contribution >= 4 is 21.6 Å². The molecule has 0 aliphatic rings. The number of fused-ring (bicyclic) bond motifs is 1. The van der Waals surface area contributed by atoms with Crippen LogP contribution in [-0.2, 0) is 10.0 Å². The summed E-state index contributed by atoms with van der Waals surface area (Å²) in [5, 5.41) is 4.02. The molecule has 0 fully saturated rings. The van der Waals surface area contributed by atoms with Gasteiger partial charge in [-0.25, -0.2) is 13.4 Å². The fourth-order valence-electron chi connectivity index (χ4n) is 2.41. The largest absolute Gasteiger partial charge is 0.292 e. The lowest BCUT2D eigenvalue weighted by molar-refractivity contribution is 0.587. The first kappa shape index (κ1) is 17.3. The highest BCUT2D eigenvalue weighted by Gasteiger charge is 2.15. The second-order valence-corrected chi connectivity index (χ2v) is 7.55. The van der Waals surface area contributed by atoms with Gasteiger partial charge in [0.1, 0.15) is 12.1 Å². The lowest BCUT2D eigenvalue weighted by Gasteiger charge is -2.12. The Bertz CT molecular complexity index is 982. The van der Waals surface area contributed by atoms with E-state index in [0.717, 1.165) is 12.0 Å². The Morgan fingerprint density at radius 1 is 1.24 bits per heavy atom. The number of nitrogens with zero attached hydrogens (tertiary/aromatic N) is 4. The number of sulfonamides is 1. The third-order valence-electron chi connectivity index (χ3n) is 4.07. The van der Waals surface area contributed by atoms with Gasteiger partial charge in [0, 0.05) is 11.8 Å². The van der Waals surface area contributed by atoms with Crippen molar-refractivity contribution in [2.45, 2.75) is 38.0 Å². The molecule has 1 aromatic carbocycles. The Kier molecular flexibility index (Phi) is 4.69. The molecule has 0 bridgehead atoms. The molecule has 2 heterocycles. The molecule has 0 radical (unpaired) electrons. The van der Waals surface area contributed by atoms with Crippen LogP contribution in [0.3, 0.4) is 0 Å². The second kappa shape index (κ2) is 6.77. The molecule has 25 heavy (non-hydrogen) atoms. The van der Waals surface area contributed by atoms with Crippen LogP contribution in [0, 0.1) is 6.92 Å². The Morgan fingerprint density at radius 2 is 1.96 bits per heavy atom. The highest BCUT2D eigenvalue weighted by atomic mass is 32.2. The van der Waals surface area contributed by atoms with Crippen molar-refractivity contribution in [2.24, 2.45) is 0 Å². The summed E-state index contributed by atoms with van der Waals surface area (Å²) in [5.74, 6) is 1.21. The predicted molar refractivity (Wildman–Crippen MR) is 94.6 cm³/mol. The Balaban J connectivity index is 1.80. The molecule has 1 atom stereocenters. The lowest BCUT2D eigenvalue weighted by atomic mass is 9.99. The van der Waals surface area contributed by atoms with Crippen LogP contribution in [0.25, 0.3) is 5.78 Å². The first-order chi connectivity index (χ1) is 11.9. The molecule has 3 rings (SSSR count). The minimum absolute atomic E-state index is 0.188. The Labute approximate surface area is 146 Å². The van der Waals surface area contributed by atoms with Crippen molar-refractivity contribution in [3.05, 3.63) is 47.9 Å². The van der Waals surface area contributed by atoms with Gasteiger partial charge in [0.2, 0.25) is 0 Å². The molecule has 2 N–H and O–H groups in total. The number of hydrogen-bond donors (Lipinski definition) is 2. The van der Waals surface area contributed by atoms with E-state index in [9.17, 15) is 8.42 Å². The van der Waals surface area contributed by atoms with E-state index in [-0.39, 0.29) is 4.90 Å². The highest BCUT2D eigenvalue weighted by molar-refractivity contribution is 7.89. The summed E-state index contributed by atoms with van der Waals surface area (Å²) in [6, 6.07) is 8.57. The number of aromatic nitrogens is 4. The predicted octanol–water partition coefficient (Wildman–Crippen LogP) is 2.25. The maximum atomic E-state index is 12.5. The van der Waals surface area contributed by atoms with Crippen LogP contribution >= 0.6 is 0 Å². The third kappa shape index (κ3) is 3.62. The maximum absolute atomic E-state index is 12.5. The van der Waals surface area contributed by atoms with Gasteiger partial charge in [-0.2, -0.15) is 14.6 Å². The number of hydrogen-bond acceptors (Lipinski definition) is 6. The Hall–Kier alpha value is -2.52. The van der Waals surface area contributed by atoms with Crippen LogP contribution in [0.1, 0.15) is 37.4 Å². The first-order valence-electron chi connectivity index (χ1n) is 7.96. The fraction of sp³-hybridized carbons (Fsp3) is 0.312. The van der Waals surface area contributed by atoms with Gasteiger partial charge in [-0.1, -0.05) is 26.0 Å². The van der Waals surface area contributed by atoms with Gasteiger partial charge < -0.3 is 0 Å². The van der Waals surface area contributed by atoms with Crippen molar-refractivity contribution in [3.63, 3.8) is 0 Å². The molecule has 0 aliphatic heterocycles. The number of benzene rings is 1. The zero-order valence-electron chi connectivity index (χ0n) is 14.3. The van der Waals surface area contributed by atoms with E-state index in [0.29, 0.717) is 23.2 Å². The number of rotatable bonds is 6. The van der Waals surface area contributed by atoms with E-state index in [1.54, 1.807) is 25.1 Å². The Morgan fingerprint density at radius 3 is 2.64 bits per heavy atom. The van der Waals surface area contributed by atoms with Crippen LogP contribution in [0.2, 0.25) is 0 Å².